The molecule has 0 aliphatic carbocycles. The van der Waals surface area contributed by atoms with E-state index in [4.69, 9.17) is 9.47 Å². The fraction of sp³-hybridized carbons (Fsp3) is 0.174. The first-order valence-corrected chi connectivity index (χ1v) is 9.60. The molecule has 31 heavy (non-hydrogen) atoms. The number of hydrogen-bond donors (Lipinski definition) is 1. The Morgan fingerprint density at radius 1 is 1.00 bits per heavy atom. The Labute approximate surface area is 179 Å². The molecule has 0 radical (unpaired) electrons. The lowest BCUT2D eigenvalue weighted by molar-refractivity contribution is -0.385. The Morgan fingerprint density at radius 2 is 1.71 bits per heavy atom. The van der Waals surface area contributed by atoms with Gasteiger partial charge in [-0.05, 0) is 42.8 Å². The first-order chi connectivity index (χ1) is 14.9. The van der Waals surface area contributed by atoms with Gasteiger partial charge in [-0.2, -0.15) is 0 Å². The van der Waals surface area contributed by atoms with Gasteiger partial charge in [-0.15, -0.1) is 0 Å². The van der Waals surface area contributed by atoms with Crippen LogP contribution in [-0.2, 0) is 0 Å². The van der Waals surface area contributed by atoms with Gasteiger partial charge in [0.1, 0.15) is 6.17 Å². The molecule has 0 bridgehead atoms. The van der Waals surface area contributed by atoms with Gasteiger partial charge in [0.05, 0.1) is 36.3 Å². The van der Waals surface area contributed by atoms with Gasteiger partial charge < -0.3 is 14.8 Å². The number of fused-ring (bicyclic) bond motifs is 1. The maximum absolute atomic E-state index is 13.5. The largest absolute Gasteiger partial charge is 0.493 e. The summed E-state index contributed by atoms with van der Waals surface area (Å²) >= 11 is 0. The van der Waals surface area contributed by atoms with E-state index in [9.17, 15) is 14.9 Å². The highest BCUT2D eigenvalue weighted by Crippen LogP contribution is 2.43. The highest BCUT2D eigenvalue weighted by Gasteiger charge is 2.38. The number of aryl methyl sites for hydroxylation is 1. The highest BCUT2D eigenvalue weighted by atomic mass is 16.6. The smallest absolute Gasteiger partial charge is 0.280 e. The summed E-state index contributed by atoms with van der Waals surface area (Å²) in [5, 5.41) is 15.2. The van der Waals surface area contributed by atoms with Crippen molar-refractivity contribution in [1.82, 2.24) is 0 Å². The van der Waals surface area contributed by atoms with E-state index in [-0.39, 0.29) is 22.9 Å². The number of nitro benzene ring substituents is 1. The van der Waals surface area contributed by atoms with E-state index in [1.54, 1.807) is 30.3 Å². The summed E-state index contributed by atoms with van der Waals surface area (Å²) in [6.07, 6.45) is -0.829. The van der Waals surface area contributed by atoms with Crippen LogP contribution in [0.5, 0.6) is 11.5 Å². The quantitative estimate of drug-likeness (QED) is 0.476. The molecule has 3 aromatic carbocycles. The SMILES string of the molecule is COc1cc([C@H]2Nc3ccccc3C(=O)N2c2cccc(C)c2)c([N+](=O)[O-])cc1OC. The number of nitrogens with zero attached hydrogens (tertiary/aromatic N) is 2. The molecule has 1 heterocycles. The number of nitrogens with one attached hydrogen (secondary N) is 1. The number of carbonyl (C=O) groups excluding carboxylic acids is 1. The zero-order valence-electron chi connectivity index (χ0n) is 17.3. The van der Waals surface area contributed by atoms with Crippen LogP contribution in [0.2, 0.25) is 0 Å². The molecule has 1 atom stereocenters. The normalized spacial score (nSPS) is 15.1. The molecule has 0 saturated carbocycles. The standard InChI is InChI=1S/C23H21N3O5/c1-14-7-6-8-15(11-14)25-22(24-18-10-5-4-9-16(18)23(25)27)17-12-20(30-2)21(31-3)13-19(17)26(28)29/h4-13,22,24H,1-3H3/t22-/m0/s1. The molecule has 3 aromatic rings. The molecular weight excluding hydrogens is 398 g/mol. The summed E-state index contributed by atoms with van der Waals surface area (Å²) in [5.41, 5.74) is 2.78. The summed E-state index contributed by atoms with van der Waals surface area (Å²) < 4.78 is 10.6. The first kappa shape index (κ1) is 20.2. The number of para-hydroxylation sites is 1. The fourth-order valence-corrected chi connectivity index (χ4v) is 3.78. The molecule has 0 fully saturated rings. The van der Waals surface area contributed by atoms with E-state index in [1.165, 1.54) is 25.2 Å². The second-order valence-corrected chi connectivity index (χ2v) is 7.13. The van der Waals surface area contributed by atoms with Crippen molar-refractivity contribution in [3.63, 3.8) is 0 Å². The van der Waals surface area contributed by atoms with E-state index in [0.29, 0.717) is 22.7 Å². The van der Waals surface area contributed by atoms with Gasteiger partial charge in [0, 0.05) is 11.4 Å². The lowest BCUT2D eigenvalue weighted by atomic mass is 10.0. The molecule has 1 N–H and O–H groups in total. The number of hydrogen-bond acceptors (Lipinski definition) is 6. The Hall–Kier alpha value is -4.07. The zero-order valence-corrected chi connectivity index (χ0v) is 17.3. The average Bonchev–Trinajstić information content (AvgIpc) is 2.78. The van der Waals surface area contributed by atoms with Crippen molar-refractivity contribution in [3.05, 3.63) is 87.5 Å². The van der Waals surface area contributed by atoms with Gasteiger partial charge in [0.25, 0.3) is 11.6 Å². The van der Waals surface area contributed by atoms with E-state index >= 15 is 0 Å². The third-order valence-corrected chi connectivity index (χ3v) is 5.23. The van der Waals surface area contributed by atoms with Crippen molar-refractivity contribution < 1.29 is 19.2 Å². The molecule has 1 amide bonds. The van der Waals surface area contributed by atoms with Gasteiger partial charge >= 0.3 is 0 Å². The molecule has 0 aromatic heterocycles. The van der Waals surface area contributed by atoms with E-state index < -0.39 is 11.1 Å². The number of carbonyl (C=O) groups is 1. The fourth-order valence-electron chi connectivity index (χ4n) is 3.78. The second kappa shape index (κ2) is 7.98. The van der Waals surface area contributed by atoms with Crippen molar-refractivity contribution in [3.8, 4) is 11.5 Å². The Kier molecular flexibility index (Phi) is 5.21. The van der Waals surface area contributed by atoms with Crippen LogP contribution in [-0.4, -0.2) is 25.1 Å². The minimum atomic E-state index is -0.829. The summed E-state index contributed by atoms with van der Waals surface area (Å²) in [4.78, 5) is 26.5. The summed E-state index contributed by atoms with van der Waals surface area (Å²) in [5.74, 6) is 0.317. The van der Waals surface area contributed by atoms with Crippen LogP contribution in [0.1, 0.15) is 27.7 Å². The van der Waals surface area contributed by atoms with Crippen LogP contribution in [0.4, 0.5) is 17.1 Å². The zero-order chi connectivity index (χ0) is 22.1. The second-order valence-electron chi connectivity index (χ2n) is 7.13. The molecule has 1 aliphatic rings. The van der Waals surface area contributed by atoms with Crippen molar-refractivity contribution >= 4 is 23.0 Å². The van der Waals surface area contributed by atoms with Crippen molar-refractivity contribution in [2.75, 3.05) is 24.4 Å². The number of nitro groups is 1. The first-order valence-electron chi connectivity index (χ1n) is 9.60. The molecular formula is C23H21N3O5. The van der Waals surface area contributed by atoms with Crippen LogP contribution in [0.15, 0.2) is 60.7 Å². The molecule has 0 unspecified atom stereocenters. The number of methoxy groups -OCH3 is 2. The van der Waals surface area contributed by atoms with E-state index in [1.807, 2.05) is 31.2 Å². The van der Waals surface area contributed by atoms with Crippen LogP contribution in [0.3, 0.4) is 0 Å². The predicted octanol–water partition coefficient (Wildman–Crippen LogP) is 4.69. The molecule has 8 heteroatoms. The minimum Gasteiger partial charge on any atom is -0.493 e. The Morgan fingerprint density at radius 3 is 2.39 bits per heavy atom. The van der Waals surface area contributed by atoms with Crippen molar-refractivity contribution in [2.45, 2.75) is 13.1 Å². The molecule has 1 aliphatic heterocycles. The van der Waals surface area contributed by atoms with Crippen LogP contribution in [0.25, 0.3) is 0 Å². The number of benzene rings is 3. The average molecular weight is 419 g/mol. The maximum atomic E-state index is 13.5. The monoisotopic (exact) mass is 419 g/mol. The third-order valence-electron chi connectivity index (χ3n) is 5.23. The number of amides is 1. The summed E-state index contributed by atoms with van der Waals surface area (Å²) in [7, 11) is 2.87. The Balaban J connectivity index is 1.97. The summed E-state index contributed by atoms with van der Waals surface area (Å²) in [6.45, 7) is 1.92. The van der Waals surface area contributed by atoms with Crippen LogP contribution >= 0.6 is 0 Å². The molecule has 8 nitrogen and oxygen atoms in total. The van der Waals surface area contributed by atoms with E-state index in [2.05, 4.69) is 5.32 Å². The maximum Gasteiger partial charge on any atom is 0.280 e. The minimum absolute atomic E-state index is 0.181. The highest BCUT2D eigenvalue weighted by molar-refractivity contribution is 6.12. The van der Waals surface area contributed by atoms with Crippen molar-refractivity contribution in [2.24, 2.45) is 0 Å². The number of anilines is 2. The predicted molar refractivity (Wildman–Crippen MR) is 117 cm³/mol. The molecule has 0 spiro atoms. The van der Waals surface area contributed by atoms with Gasteiger partial charge in [-0.3, -0.25) is 19.8 Å². The third kappa shape index (κ3) is 3.52. The van der Waals surface area contributed by atoms with Crippen LogP contribution < -0.4 is 19.7 Å². The molecule has 4 rings (SSSR count). The summed E-state index contributed by atoms with van der Waals surface area (Å²) in [6, 6.07) is 17.4. The lowest BCUT2D eigenvalue weighted by Gasteiger charge is -2.38. The van der Waals surface area contributed by atoms with Crippen molar-refractivity contribution in [1.29, 1.82) is 0 Å². The topological polar surface area (TPSA) is 93.9 Å². The molecule has 0 saturated heterocycles. The van der Waals surface area contributed by atoms with E-state index in [0.717, 1.165) is 5.56 Å². The Bertz CT molecular complexity index is 1180. The number of rotatable bonds is 5. The lowest BCUT2D eigenvalue weighted by Crippen LogP contribution is -2.43. The van der Waals surface area contributed by atoms with Gasteiger partial charge in [0.2, 0.25) is 0 Å². The van der Waals surface area contributed by atoms with Gasteiger partial charge in [-0.1, -0.05) is 24.3 Å². The van der Waals surface area contributed by atoms with Gasteiger partial charge in [0.15, 0.2) is 11.5 Å². The molecule has 158 valence electrons. The van der Waals surface area contributed by atoms with Crippen LogP contribution in [0, 0.1) is 17.0 Å². The van der Waals surface area contributed by atoms with Gasteiger partial charge in [-0.25, -0.2) is 0 Å². The number of ether oxygens (including phenoxy) is 2.